The summed E-state index contributed by atoms with van der Waals surface area (Å²) in [6.07, 6.45) is 5.84. The molecule has 0 saturated carbocycles. The first-order valence-corrected chi connectivity index (χ1v) is 4.29. The summed E-state index contributed by atoms with van der Waals surface area (Å²) in [6, 6.07) is 0. The van der Waals surface area contributed by atoms with Crippen LogP contribution in [0, 0.1) is 10.1 Å². The van der Waals surface area contributed by atoms with Crippen molar-refractivity contribution < 1.29 is 13.5 Å². The lowest BCUT2D eigenvalue weighted by Gasteiger charge is -1.93. The number of hydrogen-bond donors (Lipinski definition) is 0. The Morgan fingerprint density at radius 2 is 2.31 bits per heavy atom. The summed E-state index contributed by atoms with van der Waals surface area (Å²) in [5, 5.41) is 10.4. The Labute approximate surface area is 75.9 Å². The minimum atomic E-state index is -0.461. The molecule has 0 spiro atoms. The predicted molar refractivity (Wildman–Crippen MR) is 44.1 cm³/mol. The van der Waals surface area contributed by atoms with Crippen molar-refractivity contribution in [3.8, 4) is 0 Å². The number of allylic oxidation sites excluding steroid dienone is 4. The van der Waals surface area contributed by atoms with Crippen molar-refractivity contribution in [1.29, 1.82) is 0 Å². The Hall–Kier alpha value is -1.69. The van der Waals surface area contributed by atoms with E-state index in [0.717, 1.165) is 0 Å². The van der Waals surface area contributed by atoms with E-state index in [1.54, 1.807) is 0 Å². The van der Waals surface area contributed by atoms with Crippen molar-refractivity contribution in [3.63, 3.8) is 0 Å². The van der Waals surface area contributed by atoms with Crippen LogP contribution in [0.3, 0.4) is 0 Å². The quantitative estimate of drug-likeness (QED) is 0.260. The second-order valence-electron chi connectivity index (χ2n) is 2.36. The summed E-state index contributed by atoms with van der Waals surface area (Å²) in [7, 11) is -0.0492. The van der Waals surface area contributed by atoms with Gasteiger partial charge in [0.05, 0.1) is 4.92 Å². The first kappa shape index (κ1) is 7.93. The zero-order valence-corrected chi connectivity index (χ0v) is 7.39. The molecule has 2 rings (SSSR count). The Kier molecular flexibility index (Phi) is 1.82. The minimum absolute atomic E-state index is 0.0185. The van der Waals surface area contributed by atoms with Gasteiger partial charge in [-0.2, -0.15) is 0 Å². The normalized spacial score (nSPS) is 18.6. The smallest absolute Gasteiger partial charge is 0.424 e. The van der Waals surface area contributed by atoms with Gasteiger partial charge < -0.3 is 8.54 Å². The van der Waals surface area contributed by atoms with Crippen LogP contribution in [-0.4, -0.2) is 20.7 Å². The highest BCUT2D eigenvalue weighted by atomic mass is 28.2. The number of hydrogen-bond acceptors (Lipinski definition) is 3. The van der Waals surface area contributed by atoms with Crippen molar-refractivity contribution in [1.82, 2.24) is 0 Å². The summed E-state index contributed by atoms with van der Waals surface area (Å²) >= 11 is 0. The summed E-state index contributed by atoms with van der Waals surface area (Å²) in [4.78, 5) is 9.93. The summed E-state index contributed by atoms with van der Waals surface area (Å²) in [5.41, 5.74) is 0.0185. The fourth-order valence-corrected chi connectivity index (χ4v) is 1.50. The average molecular weight is 194 g/mol. The maximum atomic E-state index is 10.4. The molecule has 1 heterocycles. The molecule has 0 saturated heterocycles. The van der Waals surface area contributed by atoms with Gasteiger partial charge in [-0.15, -0.1) is 0 Å². The highest BCUT2D eigenvalue weighted by Gasteiger charge is 2.21. The number of nitrogens with zero attached hydrogens (tertiary/aromatic N) is 1. The fraction of sp³-hybridized carbons (Fsp3) is 0. The molecule has 0 aromatic rings. The Morgan fingerprint density at radius 3 is 3.08 bits per heavy atom. The molecule has 0 unspecified atom stereocenters. The molecular formula is C7H4NO4Si. The highest BCUT2D eigenvalue weighted by molar-refractivity contribution is 6.25. The molecule has 0 atom stereocenters. The van der Waals surface area contributed by atoms with Gasteiger partial charge in [-0.25, -0.2) is 0 Å². The molecule has 0 N–H and O–H groups in total. The van der Waals surface area contributed by atoms with Gasteiger partial charge >= 0.3 is 15.8 Å². The number of fused-ring (bicyclic) bond motifs is 1. The van der Waals surface area contributed by atoms with E-state index < -0.39 is 4.92 Å². The van der Waals surface area contributed by atoms with Crippen molar-refractivity contribution in [3.05, 3.63) is 45.9 Å². The molecule has 0 amide bonds. The van der Waals surface area contributed by atoms with Crippen LogP contribution < -0.4 is 0 Å². The summed E-state index contributed by atoms with van der Waals surface area (Å²) < 4.78 is 10.2. The van der Waals surface area contributed by atoms with Crippen LogP contribution in [-0.2, 0) is 8.54 Å². The van der Waals surface area contributed by atoms with Gasteiger partial charge in [0, 0.05) is 18.2 Å². The van der Waals surface area contributed by atoms with E-state index in [2.05, 4.69) is 0 Å². The third kappa shape index (κ3) is 1.43. The number of rotatable bonds is 1. The second kappa shape index (κ2) is 2.98. The van der Waals surface area contributed by atoms with Gasteiger partial charge in [-0.3, -0.25) is 10.1 Å². The summed E-state index contributed by atoms with van der Waals surface area (Å²) in [6.45, 7) is 0. The van der Waals surface area contributed by atoms with Gasteiger partial charge in [0.2, 0.25) is 0 Å². The van der Waals surface area contributed by atoms with Crippen molar-refractivity contribution in [2.75, 3.05) is 0 Å². The molecule has 5 nitrogen and oxygen atoms in total. The van der Waals surface area contributed by atoms with Crippen molar-refractivity contribution in [2.24, 2.45) is 0 Å². The molecule has 6 heteroatoms. The molecule has 0 aromatic heterocycles. The van der Waals surface area contributed by atoms with E-state index in [4.69, 9.17) is 8.54 Å². The minimum Gasteiger partial charge on any atom is -0.624 e. The lowest BCUT2D eigenvalue weighted by molar-refractivity contribution is -0.419. The van der Waals surface area contributed by atoms with Crippen LogP contribution in [0.15, 0.2) is 35.8 Å². The SMILES string of the molecule is O=[N+]([O-])C1=CC=C2O[Si-][O+]=C2C=C1. The molecule has 0 aromatic carbocycles. The van der Waals surface area contributed by atoms with Crippen LogP contribution in [0.1, 0.15) is 0 Å². The molecule has 1 radical (unpaired) electrons. The van der Waals surface area contributed by atoms with E-state index in [9.17, 15) is 10.1 Å². The molecule has 1 aliphatic carbocycles. The van der Waals surface area contributed by atoms with E-state index in [1.807, 2.05) is 0 Å². The molecular weight excluding hydrogens is 190 g/mol. The topological polar surface area (TPSA) is 63.7 Å². The van der Waals surface area contributed by atoms with Gasteiger partial charge in [0.15, 0.2) is 5.76 Å². The largest absolute Gasteiger partial charge is 0.624 e. The predicted octanol–water partition coefficient (Wildman–Crippen LogP) is 0.270. The van der Waals surface area contributed by atoms with E-state index in [1.165, 1.54) is 24.3 Å². The third-order valence-corrected chi connectivity index (χ3v) is 2.17. The van der Waals surface area contributed by atoms with Crippen LogP contribution in [0.25, 0.3) is 0 Å². The Balaban J connectivity index is 2.37. The van der Waals surface area contributed by atoms with Crippen LogP contribution in [0.4, 0.5) is 0 Å². The molecule has 13 heavy (non-hydrogen) atoms. The fourth-order valence-electron chi connectivity index (χ4n) is 0.943. The maximum Gasteiger partial charge on any atom is 0.424 e. The number of ketones is 1. The van der Waals surface area contributed by atoms with Crippen LogP contribution in [0.2, 0.25) is 0 Å². The molecule has 2 aliphatic rings. The number of nitro groups is 1. The third-order valence-electron chi connectivity index (χ3n) is 1.57. The summed E-state index contributed by atoms with van der Waals surface area (Å²) in [5.74, 6) is 1.10. The van der Waals surface area contributed by atoms with Gasteiger partial charge in [0.25, 0.3) is 5.70 Å². The maximum absolute atomic E-state index is 10.4. The number of carbonyl (C=O) groups excluding carboxylic acids is 1. The van der Waals surface area contributed by atoms with E-state index in [0.29, 0.717) is 11.5 Å². The second-order valence-corrected chi connectivity index (χ2v) is 2.94. The van der Waals surface area contributed by atoms with Crippen LogP contribution in [0.5, 0.6) is 0 Å². The van der Waals surface area contributed by atoms with Gasteiger partial charge in [-0.1, -0.05) is 0 Å². The van der Waals surface area contributed by atoms with Gasteiger partial charge in [-0.05, 0) is 6.08 Å². The first-order chi connectivity index (χ1) is 6.27. The van der Waals surface area contributed by atoms with E-state index >= 15 is 0 Å². The molecule has 0 bridgehead atoms. The first-order valence-electron chi connectivity index (χ1n) is 3.48. The standard InChI is InChI=1S/C7H4NO4Si/c9-8(10)5-1-3-6-7(4-2-5)12-13-11-6/h1-4H. The van der Waals surface area contributed by atoms with Crippen molar-refractivity contribution in [2.45, 2.75) is 0 Å². The van der Waals surface area contributed by atoms with Crippen LogP contribution >= 0.6 is 0 Å². The molecule has 0 fully saturated rings. The molecule has 65 valence electrons. The highest BCUT2D eigenvalue weighted by Crippen LogP contribution is 2.12. The Morgan fingerprint density at radius 1 is 1.46 bits per heavy atom. The van der Waals surface area contributed by atoms with Crippen molar-refractivity contribution >= 4 is 15.8 Å². The molecule has 1 aliphatic heterocycles. The zero-order chi connectivity index (χ0) is 9.26. The zero-order valence-electron chi connectivity index (χ0n) is 6.39. The van der Waals surface area contributed by atoms with Gasteiger partial charge in [0.1, 0.15) is 0 Å². The average Bonchev–Trinajstić information content (AvgIpc) is 2.44. The van der Waals surface area contributed by atoms with E-state index in [-0.39, 0.29) is 15.7 Å². The Bertz CT molecular complexity index is 380. The lowest BCUT2D eigenvalue weighted by atomic mass is 10.3. The lowest BCUT2D eigenvalue weighted by Crippen LogP contribution is -1.95. The monoisotopic (exact) mass is 194 g/mol.